The van der Waals surface area contributed by atoms with Gasteiger partial charge in [-0.15, -0.1) is 0 Å². The van der Waals surface area contributed by atoms with Gasteiger partial charge in [0.05, 0.1) is 68.3 Å². The normalized spacial score (nSPS) is 15.2. The van der Waals surface area contributed by atoms with Crippen molar-refractivity contribution in [2.75, 3.05) is 117 Å². The lowest BCUT2D eigenvalue weighted by Crippen LogP contribution is -2.43. The molecule has 2 unspecified atom stereocenters. The topological polar surface area (TPSA) is 210 Å². The predicted octanol–water partition coefficient (Wildman–Crippen LogP) is 8.41. The molecule has 2 aromatic heterocycles. The van der Waals surface area contributed by atoms with E-state index in [0.29, 0.717) is 95.4 Å². The molecular formula is C49H57Cl2F5N8O11S. The zero-order valence-corrected chi connectivity index (χ0v) is 44.1. The van der Waals surface area contributed by atoms with Crippen LogP contribution in [0.25, 0.3) is 21.8 Å². The van der Waals surface area contributed by atoms with Crippen molar-refractivity contribution in [3.63, 3.8) is 0 Å². The Balaban J connectivity index is 0.000000210. The van der Waals surface area contributed by atoms with E-state index >= 15 is 0 Å². The van der Waals surface area contributed by atoms with Gasteiger partial charge in [0.25, 0.3) is 0 Å². The van der Waals surface area contributed by atoms with Crippen LogP contribution in [0.4, 0.5) is 45.0 Å². The van der Waals surface area contributed by atoms with E-state index in [1.54, 1.807) is 44.6 Å². The maximum Gasteiger partial charge on any atom is 0.523 e. The van der Waals surface area contributed by atoms with Gasteiger partial charge in [0.15, 0.2) is 23.0 Å². The maximum absolute atomic E-state index is 13.5. The molecule has 2 saturated heterocycles. The van der Waals surface area contributed by atoms with Gasteiger partial charge < -0.3 is 48.9 Å². The molecule has 4 aromatic carbocycles. The van der Waals surface area contributed by atoms with Crippen LogP contribution in [0.3, 0.4) is 0 Å². The van der Waals surface area contributed by atoms with Crippen molar-refractivity contribution in [1.29, 1.82) is 0 Å². The summed E-state index contributed by atoms with van der Waals surface area (Å²) in [6.45, 7) is 11.1. The third kappa shape index (κ3) is 17.1. The molecule has 2 aliphatic rings. The monoisotopic (exact) mass is 1130 g/mol. The molecule has 0 radical (unpaired) electrons. The third-order valence-electron chi connectivity index (χ3n) is 11.2. The van der Waals surface area contributed by atoms with Crippen LogP contribution in [0.1, 0.15) is 13.8 Å². The lowest BCUT2D eigenvalue weighted by Gasteiger charge is -2.30. The van der Waals surface area contributed by atoms with Gasteiger partial charge in [0, 0.05) is 80.2 Å². The number of rotatable bonds is 20. The van der Waals surface area contributed by atoms with Crippen LogP contribution in [0.15, 0.2) is 73.3 Å². The van der Waals surface area contributed by atoms with E-state index in [-0.39, 0.29) is 22.8 Å². The number of nitrogens with one attached hydrogen (secondary N) is 2. The molecule has 76 heavy (non-hydrogen) atoms. The molecule has 8 rings (SSSR count). The number of ether oxygens (including phenoxy) is 7. The predicted molar refractivity (Wildman–Crippen MR) is 275 cm³/mol. The van der Waals surface area contributed by atoms with Crippen LogP contribution in [0.5, 0.6) is 23.0 Å². The summed E-state index contributed by atoms with van der Waals surface area (Å²) in [5, 5.41) is 18.1. The smallest absolute Gasteiger partial charge is 0.493 e. The van der Waals surface area contributed by atoms with Crippen LogP contribution >= 0.6 is 23.2 Å². The van der Waals surface area contributed by atoms with Crippen LogP contribution in [0.2, 0.25) is 10.0 Å². The number of aliphatic hydroxyl groups excluding tert-OH is 1. The highest BCUT2D eigenvalue weighted by atomic mass is 35.5. The summed E-state index contributed by atoms with van der Waals surface area (Å²) < 4.78 is 124. The Labute approximate surface area is 445 Å². The first-order valence-electron chi connectivity index (χ1n) is 23.6. The number of alkyl halides is 3. The number of methoxy groups -OCH3 is 2. The molecule has 0 spiro atoms. The highest BCUT2D eigenvalue weighted by Crippen LogP contribution is 2.37. The van der Waals surface area contributed by atoms with E-state index in [1.807, 2.05) is 13.0 Å². The summed E-state index contributed by atoms with van der Waals surface area (Å²) in [6, 6.07) is 15.8. The molecule has 6 aromatic rings. The van der Waals surface area contributed by atoms with Crippen LogP contribution in [0, 0.1) is 11.6 Å². The van der Waals surface area contributed by atoms with Gasteiger partial charge in [-0.25, -0.2) is 28.7 Å². The SMILES string of the molecule is CCOC(COc1cc2c(Nc3ccc(F)c(Cl)c3)ncnc2cc1OC)CN1CCOCC1.CCOS(=O)(=O)C(F)(F)F.COc1cc2ncnc(Nc3ccc(F)c(Cl)c3)c2cc1OCC(O)CN1CCOCC1. The van der Waals surface area contributed by atoms with E-state index in [4.69, 9.17) is 56.4 Å². The fourth-order valence-corrected chi connectivity index (χ4v) is 8.28. The fraction of sp³-hybridized carbons (Fsp3) is 0.429. The molecule has 3 N–H and O–H groups in total. The Morgan fingerprint density at radius 2 is 1.13 bits per heavy atom. The Kier molecular flexibility index (Phi) is 22.4. The minimum atomic E-state index is -5.35. The minimum absolute atomic E-state index is 0.00769. The first kappa shape index (κ1) is 59.5. The van der Waals surface area contributed by atoms with Crippen molar-refractivity contribution >= 4 is 78.1 Å². The molecule has 414 valence electrons. The van der Waals surface area contributed by atoms with Gasteiger partial charge in [-0.05, 0) is 62.4 Å². The highest BCUT2D eigenvalue weighted by Gasteiger charge is 2.47. The average Bonchev–Trinajstić information content (AvgIpc) is 3.40. The summed E-state index contributed by atoms with van der Waals surface area (Å²) >= 11 is 11.8. The lowest BCUT2D eigenvalue weighted by atomic mass is 10.2. The van der Waals surface area contributed by atoms with Crippen LogP contribution < -0.4 is 29.6 Å². The summed E-state index contributed by atoms with van der Waals surface area (Å²) in [5.74, 6) is 2.11. The number of aromatic nitrogens is 4. The van der Waals surface area contributed by atoms with E-state index in [9.17, 15) is 35.5 Å². The fourth-order valence-electron chi connectivity index (χ4n) is 7.48. The number of benzene rings is 4. The quantitative estimate of drug-likeness (QED) is 0.0372. The number of aliphatic hydroxyl groups is 1. The summed E-state index contributed by atoms with van der Waals surface area (Å²) in [4.78, 5) is 21.8. The summed E-state index contributed by atoms with van der Waals surface area (Å²) in [5.41, 5.74) is -2.82. The number of morpholine rings is 2. The number of hydrogen-bond donors (Lipinski definition) is 3. The molecule has 4 heterocycles. The molecule has 0 amide bonds. The zero-order valence-electron chi connectivity index (χ0n) is 41.7. The first-order chi connectivity index (χ1) is 36.4. The van der Waals surface area contributed by atoms with Gasteiger partial charge in [-0.1, -0.05) is 23.2 Å². The van der Waals surface area contributed by atoms with Crippen molar-refractivity contribution in [3.05, 3.63) is 95.0 Å². The molecular weight excluding hydrogens is 1070 g/mol. The molecule has 2 atom stereocenters. The number of anilines is 4. The minimum Gasteiger partial charge on any atom is -0.493 e. The number of β-amino-alcohol motifs (C(OH)–C–C–N with tert-alkyl or cyclic N) is 1. The number of nitrogens with zero attached hydrogens (tertiary/aromatic N) is 6. The highest BCUT2D eigenvalue weighted by molar-refractivity contribution is 7.87. The zero-order chi connectivity index (χ0) is 54.8. The van der Waals surface area contributed by atoms with Gasteiger partial charge >= 0.3 is 15.6 Å². The van der Waals surface area contributed by atoms with Crippen molar-refractivity contribution in [2.24, 2.45) is 0 Å². The van der Waals surface area contributed by atoms with Crippen LogP contribution in [-0.2, 0) is 28.5 Å². The first-order valence-corrected chi connectivity index (χ1v) is 25.8. The summed E-state index contributed by atoms with van der Waals surface area (Å²) in [6.07, 6.45) is 2.10. The van der Waals surface area contributed by atoms with Gasteiger partial charge in [-0.2, -0.15) is 21.6 Å². The van der Waals surface area contributed by atoms with E-state index < -0.39 is 40.0 Å². The second-order valence-corrected chi connectivity index (χ2v) is 18.9. The van der Waals surface area contributed by atoms with Gasteiger partial charge in [-0.3, -0.25) is 14.0 Å². The third-order valence-corrected chi connectivity index (χ3v) is 12.9. The van der Waals surface area contributed by atoms with Crippen molar-refractivity contribution in [3.8, 4) is 23.0 Å². The number of fused-ring (bicyclic) bond motifs is 2. The second kappa shape index (κ2) is 28.6. The Morgan fingerprint density at radius 3 is 1.54 bits per heavy atom. The largest absolute Gasteiger partial charge is 0.523 e. The van der Waals surface area contributed by atoms with Crippen LogP contribution in [-0.4, -0.2) is 167 Å². The second-order valence-electron chi connectivity index (χ2n) is 16.5. The molecule has 19 nitrogen and oxygen atoms in total. The van der Waals surface area contributed by atoms with E-state index in [2.05, 4.69) is 44.6 Å². The molecule has 27 heteroatoms. The molecule has 0 aliphatic carbocycles. The number of halogens is 7. The standard InChI is InChI=1S/C24H28ClFN4O4.C22H24ClFN4O4.C3H5F3O3S/c1-3-33-17(13-30-6-8-32-9-7-30)14-34-23-11-18-21(12-22(23)31-2)27-15-28-24(18)29-16-4-5-20(26)19(25)10-16;1-30-20-10-19-16(9-21(20)32-12-15(29)11-28-4-6-31-7-5-28)22(26-13-25-19)27-14-2-3-18(24)17(23)8-14;1-2-9-10(7,8)3(4,5)6/h4-5,10-12,15,17H,3,6-9,13-14H2,1-2H3,(H,27,28,29);2-3,8-10,13,15,29H,4-7,11-12H2,1H3,(H,25,26,27);2H2,1H3. The Bertz CT molecular complexity index is 2950. The lowest BCUT2D eigenvalue weighted by molar-refractivity contribution is -0.0539. The molecule has 2 aliphatic heterocycles. The summed E-state index contributed by atoms with van der Waals surface area (Å²) in [7, 11) is -2.22. The Hall–Kier alpha value is -5.74. The van der Waals surface area contributed by atoms with Crippen molar-refractivity contribution in [1.82, 2.24) is 29.7 Å². The van der Waals surface area contributed by atoms with Crippen molar-refractivity contribution < 1.29 is 72.8 Å². The molecule has 2 fully saturated rings. The maximum atomic E-state index is 13.5. The van der Waals surface area contributed by atoms with E-state index in [1.165, 1.54) is 36.9 Å². The number of hydrogen-bond acceptors (Lipinski definition) is 19. The Morgan fingerprint density at radius 1 is 0.671 bits per heavy atom. The molecule has 0 bridgehead atoms. The van der Waals surface area contributed by atoms with Gasteiger partial charge in [0.1, 0.15) is 61.3 Å². The van der Waals surface area contributed by atoms with E-state index in [0.717, 1.165) is 58.2 Å². The average molecular weight is 1130 g/mol. The van der Waals surface area contributed by atoms with Crippen molar-refractivity contribution in [2.45, 2.75) is 31.6 Å². The van der Waals surface area contributed by atoms with Gasteiger partial charge in [0.2, 0.25) is 0 Å². The molecule has 0 saturated carbocycles.